The van der Waals surface area contributed by atoms with Crippen LogP contribution in [-0.2, 0) is 6.42 Å². The molecule has 18 heavy (non-hydrogen) atoms. The second kappa shape index (κ2) is 6.19. The minimum Gasteiger partial charge on any atom is -0.324 e. The van der Waals surface area contributed by atoms with E-state index in [2.05, 4.69) is 27.6 Å². The molecule has 0 fully saturated rings. The SMILES string of the molecule is NC(Cc1ccncc1Cl)c1cc(Cl)ccc1I. The molecule has 0 amide bonds. The van der Waals surface area contributed by atoms with Gasteiger partial charge < -0.3 is 5.73 Å². The van der Waals surface area contributed by atoms with Crippen molar-refractivity contribution in [3.05, 3.63) is 61.4 Å². The Morgan fingerprint density at radius 1 is 1.28 bits per heavy atom. The Balaban J connectivity index is 2.25. The van der Waals surface area contributed by atoms with E-state index in [1.807, 2.05) is 24.3 Å². The molecule has 0 saturated heterocycles. The van der Waals surface area contributed by atoms with Crippen molar-refractivity contribution in [3.63, 3.8) is 0 Å². The van der Waals surface area contributed by atoms with E-state index < -0.39 is 0 Å². The molecule has 2 N–H and O–H groups in total. The maximum atomic E-state index is 6.22. The monoisotopic (exact) mass is 392 g/mol. The molecule has 1 atom stereocenters. The summed E-state index contributed by atoms with van der Waals surface area (Å²) in [5, 5.41) is 1.34. The Morgan fingerprint density at radius 3 is 2.78 bits per heavy atom. The van der Waals surface area contributed by atoms with Crippen molar-refractivity contribution >= 4 is 45.8 Å². The van der Waals surface area contributed by atoms with Gasteiger partial charge in [-0.1, -0.05) is 23.2 Å². The topological polar surface area (TPSA) is 38.9 Å². The molecule has 0 aliphatic carbocycles. The van der Waals surface area contributed by atoms with Crippen molar-refractivity contribution in [2.75, 3.05) is 0 Å². The Hall–Kier alpha value is -0.360. The second-order valence-electron chi connectivity index (χ2n) is 3.94. The lowest BCUT2D eigenvalue weighted by Gasteiger charge is -2.15. The fraction of sp³-hybridized carbons (Fsp3) is 0.154. The van der Waals surface area contributed by atoms with Gasteiger partial charge in [-0.3, -0.25) is 4.98 Å². The van der Waals surface area contributed by atoms with Crippen molar-refractivity contribution in [1.29, 1.82) is 0 Å². The molecule has 2 aromatic rings. The highest BCUT2D eigenvalue weighted by Crippen LogP contribution is 2.26. The molecule has 0 spiro atoms. The summed E-state index contributed by atoms with van der Waals surface area (Å²) >= 11 is 14.3. The third-order valence-electron chi connectivity index (χ3n) is 2.65. The van der Waals surface area contributed by atoms with Crippen LogP contribution in [0.4, 0.5) is 0 Å². The van der Waals surface area contributed by atoms with Crippen LogP contribution in [0.5, 0.6) is 0 Å². The third-order valence-corrected chi connectivity index (χ3v) is 4.21. The zero-order valence-electron chi connectivity index (χ0n) is 9.41. The Bertz CT molecular complexity index is 560. The van der Waals surface area contributed by atoms with E-state index in [1.165, 1.54) is 0 Å². The van der Waals surface area contributed by atoms with E-state index in [-0.39, 0.29) is 6.04 Å². The van der Waals surface area contributed by atoms with Crippen LogP contribution < -0.4 is 5.73 Å². The highest BCUT2D eigenvalue weighted by atomic mass is 127. The molecule has 2 rings (SSSR count). The van der Waals surface area contributed by atoms with Gasteiger partial charge in [0.15, 0.2) is 0 Å². The average molecular weight is 393 g/mol. The van der Waals surface area contributed by atoms with Crippen LogP contribution >= 0.6 is 45.8 Å². The number of hydrogen-bond donors (Lipinski definition) is 1. The molecule has 5 heteroatoms. The van der Waals surface area contributed by atoms with Crippen LogP contribution in [0.1, 0.15) is 17.2 Å². The maximum Gasteiger partial charge on any atom is 0.0622 e. The van der Waals surface area contributed by atoms with Crippen LogP contribution in [0.2, 0.25) is 10.0 Å². The zero-order chi connectivity index (χ0) is 13.1. The average Bonchev–Trinajstić information content (AvgIpc) is 2.35. The highest BCUT2D eigenvalue weighted by molar-refractivity contribution is 14.1. The summed E-state index contributed by atoms with van der Waals surface area (Å²) in [5.74, 6) is 0. The normalized spacial score (nSPS) is 12.4. The minimum absolute atomic E-state index is 0.129. The molecule has 0 saturated carbocycles. The number of rotatable bonds is 3. The minimum atomic E-state index is -0.129. The molecule has 0 aliphatic heterocycles. The molecule has 1 aromatic carbocycles. The standard InChI is InChI=1S/C13H11Cl2IN2/c14-9-1-2-12(16)10(6-9)13(17)5-8-3-4-18-7-11(8)15/h1-4,6-7,13H,5,17H2. The fourth-order valence-corrected chi connectivity index (χ4v) is 2.83. The lowest BCUT2D eigenvalue weighted by Crippen LogP contribution is -2.15. The van der Waals surface area contributed by atoms with Gasteiger partial charge in [0.2, 0.25) is 0 Å². The van der Waals surface area contributed by atoms with E-state index >= 15 is 0 Å². The predicted octanol–water partition coefficient (Wildman–Crippen LogP) is 4.24. The first kappa shape index (κ1) is 14.1. The number of halogens is 3. The third kappa shape index (κ3) is 3.35. The number of nitrogens with two attached hydrogens (primary N) is 1. The summed E-state index contributed by atoms with van der Waals surface area (Å²) < 4.78 is 1.11. The molecule has 1 heterocycles. The second-order valence-corrected chi connectivity index (χ2v) is 5.95. The van der Waals surface area contributed by atoms with Crippen molar-refractivity contribution < 1.29 is 0 Å². The van der Waals surface area contributed by atoms with Crippen LogP contribution in [0.3, 0.4) is 0 Å². The molecule has 0 radical (unpaired) electrons. The van der Waals surface area contributed by atoms with Gasteiger partial charge in [-0.2, -0.15) is 0 Å². The Labute approximate surface area is 130 Å². The van der Waals surface area contributed by atoms with E-state index in [0.29, 0.717) is 16.5 Å². The molecular formula is C13H11Cl2IN2. The quantitative estimate of drug-likeness (QED) is 0.793. The van der Waals surface area contributed by atoms with Gasteiger partial charge in [0, 0.05) is 27.0 Å². The molecule has 94 valence electrons. The summed E-state index contributed by atoms with van der Waals surface area (Å²) in [6, 6.07) is 7.49. The summed E-state index contributed by atoms with van der Waals surface area (Å²) in [5.41, 5.74) is 8.26. The zero-order valence-corrected chi connectivity index (χ0v) is 13.1. The lowest BCUT2D eigenvalue weighted by molar-refractivity contribution is 0.717. The molecule has 2 nitrogen and oxygen atoms in total. The van der Waals surface area contributed by atoms with Crippen LogP contribution in [0.15, 0.2) is 36.7 Å². The van der Waals surface area contributed by atoms with Gasteiger partial charge in [-0.05, 0) is 64.4 Å². The number of hydrogen-bond acceptors (Lipinski definition) is 2. The Morgan fingerprint density at radius 2 is 2.06 bits per heavy atom. The van der Waals surface area contributed by atoms with Crippen molar-refractivity contribution in [2.45, 2.75) is 12.5 Å². The summed E-state index contributed by atoms with van der Waals surface area (Å²) in [6.07, 6.45) is 4.01. The molecule has 1 aromatic heterocycles. The lowest BCUT2D eigenvalue weighted by atomic mass is 10.0. The largest absolute Gasteiger partial charge is 0.324 e. The fourth-order valence-electron chi connectivity index (χ4n) is 1.72. The number of nitrogens with zero attached hydrogens (tertiary/aromatic N) is 1. The molecule has 1 unspecified atom stereocenters. The van der Waals surface area contributed by atoms with Crippen molar-refractivity contribution in [2.24, 2.45) is 5.73 Å². The van der Waals surface area contributed by atoms with E-state index in [1.54, 1.807) is 12.4 Å². The summed E-state index contributed by atoms with van der Waals surface area (Å²) in [4.78, 5) is 3.96. The first-order chi connectivity index (χ1) is 8.58. The maximum absolute atomic E-state index is 6.22. The van der Waals surface area contributed by atoms with Gasteiger partial charge >= 0.3 is 0 Å². The van der Waals surface area contributed by atoms with Crippen LogP contribution in [0, 0.1) is 3.57 Å². The first-order valence-corrected chi connectivity index (χ1v) is 7.20. The van der Waals surface area contributed by atoms with Crippen molar-refractivity contribution in [3.8, 4) is 0 Å². The molecular weight excluding hydrogens is 382 g/mol. The van der Waals surface area contributed by atoms with Crippen LogP contribution in [-0.4, -0.2) is 4.98 Å². The molecule has 0 bridgehead atoms. The number of pyridine rings is 1. The first-order valence-electron chi connectivity index (χ1n) is 5.37. The van der Waals surface area contributed by atoms with Gasteiger partial charge in [0.25, 0.3) is 0 Å². The van der Waals surface area contributed by atoms with E-state index in [0.717, 1.165) is 14.7 Å². The van der Waals surface area contributed by atoms with Crippen molar-refractivity contribution in [1.82, 2.24) is 4.98 Å². The smallest absolute Gasteiger partial charge is 0.0622 e. The van der Waals surface area contributed by atoms with Gasteiger partial charge in [-0.25, -0.2) is 0 Å². The van der Waals surface area contributed by atoms with Gasteiger partial charge in [0.1, 0.15) is 0 Å². The van der Waals surface area contributed by atoms with Gasteiger partial charge in [0.05, 0.1) is 5.02 Å². The van der Waals surface area contributed by atoms with E-state index in [4.69, 9.17) is 28.9 Å². The Kier molecular flexibility index (Phi) is 4.84. The van der Waals surface area contributed by atoms with Gasteiger partial charge in [-0.15, -0.1) is 0 Å². The van der Waals surface area contributed by atoms with E-state index in [9.17, 15) is 0 Å². The predicted molar refractivity (Wildman–Crippen MR) is 84.0 cm³/mol. The summed E-state index contributed by atoms with van der Waals surface area (Å²) in [6.45, 7) is 0. The van der Waals surface area contributed by atoms with Crippen LogP contribution in [0.25, 0.3) is 0 Å². The number of benzene rings is 1. The summed E-state index contributed by atoms with van der Waals surface area (Å²) in [7, 11) is 0. The molecule has 0 aliphatic rings. The highest BCUT2D eigenvalue weighted by Gasteiger charge is 2.13. The number of aromatic nitrogens is 1.